The van der Waals surface area contributed by atoms with Crippen LogP contribution in [0.5, 0.6) is 0 Å². The third-order valence-corrected chi connectivity index (χ3v) is 3.45. The second-order valence-electron chi connectivity index (χ2n) is 5.08. The molecule has 0 radical (unpaired) electrons. The number of nitrogens with zero attached hydrogens (tertiary/aromatic N) is 3. The normalized spacial score (nSPS) is 15.7. The Labute approximate surface area is 115 Å². The Hall–Kier alpha value is -1.36. The molecule has 5 heteroatoms. The molecule has 0 aliphatic carbocycles. The van der Waals surface area contributed by atoms with E-state index < -0.39 is 0 Å². The van der Waals surface area contributed by atoms with Crippen LogP contribution < -0.4 is 10.6 Å². The number of rotatable bonds is 7. The zero-order valence-corrected chi connectivity index (χ0v) is 12.1. The first kappa shape index (κ1) is 14.1. The molecule has 1 aliphatic heterocycles. The third-order valence-electron chi connectivity index (χ3n) is 3.45. The highest BCUT2D eigenvalue weighted by Crippen LogP contribution is 2.13. The van der Waals surface area contributed by atoms with Crippen LogP contribution in [0.15, 0.2) is 6.20 Å². The van der Waals surface area contributed by atoms with Crippen LogP contribution in [-0.4, -0.2) is 47.6 Å². The summed E-state index contributed by atoms with van der Waals surface area (Å²) in [4.78, 5) is 11.3. The molecule has 0 amide bonds. The van der Waals surface area contributed by atoms with E-state index in [1.54, 1.807) is 0 Å². The van der Waals surface area contributed by atoms with Gasteiger partial charge < -0.3 is 15.5 Å². The van der Waals surface area contributed by atoms with Gasteiger partial charge in [-0.25, -0.2) is 4.98 Å². The maximum Gasteiger partial charge on any atom is 0.224 e. The molecule has 0 atom stereocenters. The standard InChI is InChI=1S/C14H25N5/c1-3-15-14-17-11-12(2)13(18-14)16-7-6-10-19-8-4-5-9-19/h11H,3-10H2,1-2H3,(H2,15,16,17,18). The van der Waals surface area contributed by atoms with Crippen LogP contribution in [0.1, 0.15) is 31.7 Å². The molecule has 0 unspecified atom stereocenters. The van der Waals surface area contributed by atoms with E-state index in [0.717, 1.165) is 24.5 Å². The summed E-state index contributed by atoms with van der Waals surface area (Å²) in [5.74, 6) is 1.66. The second-order valence-corrected chi connectivity index (χ2v) is 5.08. The third kappa shape index (κ3) is 4.35. The van der Waals surface area contributed by atoms with Crippen molar-refractivity contribution >= 4 is 11.8 Å². The van der Waals surface area contributed by atoms with Gasteiger partial charge in [0, 0.05) is 24.8 Å². The zero-order valence-electron chi connectivity index (χ0n) is 12.1. The van der Waals surface area contributed by atoms with Gasteiger partial charge in [-0.15, -0.1) is 0 Å². The van der Waals surface area contributed by atoms with E-state index in [9.17, 15) is 0 Å². The molecule has 19 heavy (non-hydrogen) atoms. The number of likely N-dealkylation sites (tertiary alicyclic amines) is 1. The minimum Gasteiger partial charge on any atom is -0.370 e. The number of aromatic nitrogens is 2. The van der Waals surface area contributed by atoms with E-state index in [0.29, 0.717) is 5.95 Å². The second kappa shape index (κ2) is 7.28. The van der Waals surface area contributed by atoms with Gasteiger partial charge in [0.2, 0.25) is 5.95 Å². The van der Waals surface area contributed by atoms with Crippen LogP contribution in [0.25, 0.3) is 0 Å². The summed E-state index contributed by atoms with van der Waals surface area (Å²) in [5, 5.41) is 6.56. The lowest BCUT2D eigenvalue weighted by Crippen LogP contribution is -2.22. The first-order chi connectivity index (χ1) is 9.29. The summed E-state index contributed by atoms with van der Waals surface area (Å²) in [5.41, 5.74) is 1.10. The molecule has 2 heterocycles. The van der Waals surface area contributed by atoms with Crippen molar-refractivity contribution in [2.24, 2.45) is 0 Å². The lowest BCUT2D eigenvalue weighted by molar-refractivity contribution is 0.337. The van der Waals surface area contributed by atoms with E-state index >= 15 is 0 Å². The van der Waals surface area contributed by atoms with Crippen LogP contribution in [0.2, 0.25) is 0 Å². The molecule has 1 aliphatic rings. The molecule has 2 N–H and O–H groups in total. The van der Waals surface area contributed by atoms with E-state index in [1.807, 2.05) is 20.0 Å². The topological polar surface area (TPSA) is 53.1 Å². The van der Waals surface area contributed by atoms with E-state index in [4.69, 9.17) is 0 Å². The van der Waals surface area contributed by atoms with Gasteiger partial charge in [-0.3, -0.25) is 0 Å². The summed E-state index contributed by atoms with van der Waals surface area (Å²) < 4.78 is 0. The van der Waals surface area contributed by atoms with Crippen molar-refractivity contribution in [2.75, 3.05) is 43.4 Å². The number of hydrogen-bond acceptors (Lipinski definition) is 5. The van der Waals surface area contributed by atoms with Gasteiger partial charge in [0.15, 0.2) is 0 Å². The highest BCUT2D eigenvalue weighted by molar-refractivity contribution is 5.46. The van der Waals surface area contributed by atoms with Gasteiger partial charge in [0.05, 0.1) is 0 Å². The molecular formula is C14H25N5. The zero-order chi connectivity index (χ0) is 13.5. The Morgan fingerprint density at radius 3 is 2.79 bits per heavy atom. The maximum atomic E-state index is 4.48. The van der Waals surface area contributed by atoms with Crippen LogP contribution >= 0.6 is 0 Å². The van der Waals surface area contributed by atoms with Gasteiger partial charge in [-0.2, -0.15) is 4.98 Å². The van der Waals surface area contributed by atoms with Crippen molar-refractivity contribution in [3.05, 3.63) is 11.8 Å². The Morgan fingerprint density at radius 1 is 1.26 bits per heavy atom. The summed E-state index contributed by atoms with van der Waals surface area (Å²) >= 11 is 0. The Balaban J connectivity index is 1.76. The number of aryl methyl sites for hydroxylation is 1. The first-order valence-electron chi connectivity index (χ1n) is 7.33. The fourth-order valence-corrected chi connectivity index (χ4v) is 2.38. The van der Waals surface area contributed by atoms with E-state index in [1.165, 1.54) is 38.9 Å². The number of anilines is 2. The van der Waals surface area contributed by atoms with Crippen molar-refractivity contribution < 1.29 is 0 Å². The molecule has 1 saturated heterocycles. The summed E-state index contributed by atoms with van der Waals surface area (Å²) in [6.45, 7) is 9.65. The molecule has 1 aromatic rings. The van der Waals surface area contributed by atoms with Crippen molar-refractivity contribution in [1.29, 1.82) is 0 Å². The van der Waals surface area contributed by atoms with E-state index in [2.05, 4.69) is 25.5 Å². The van der Waals surface area contributed by atoms with Gasteiger partial charge in [-0.1, -0.05) is 0 Å². The van der Waals surface area contributed by atoms with Crippen molar-refractivity contribution in [2.45, 2.75) is 33.1 Å². The molecule has 0 spiro atoms. The first-order valence-corrected chi connectivity index (χ1v) is 7.33. The largest absolute Gasteiger partial charge is 0.370 e. The van der Waals surface area contributed by atoms with Crippen molar-refractivity contribution in [3.8, 4) is 0 Å². The molecule has 0 bridgehead atoms. The monoisotopic (exact) mass is 263 g/mol. The highest BCUT2D eigenvalue weighted by atomic mass is 15.2. The average Bonchev–Trinajstić information content (AvgIpc) is 2.91. The molecule has 2 rings (SSSR count). The molecule has 1 aromatic heterocycles. The molecule has 1 fully saturated rings. The van der Waals surface area contributed by atoms with E-state index in [-0.39, 0.29) is 0 Å². The van der Waals surface area contributed by atoms with Crippen LogP contribution in [0.4, 0.5) is 11.8 Å². The van der Waals surface area contributed by atoms with Gasteiger partial charge >= 0.3 is 0 Å². The summed E-state index contributed by atoms with van der Waals surface area (Å²) in [7, 11) is 0. The molecule has 106 valence electrons. The predicted octanol–water partition coefficient (Wildman–Crippen LogP) is 2.11. The quantitative estimate of drug-likeness (QED) is 0.738. The molecular weight excluding hydrogens is 238 g/mol. The lowest BCUT2D eigenvalue weighted by Gasteiger charge is -2.15. The molecule has 0 aromatic carbocycles. The minimum absolute atomic E-state index is 0.704. The predicted molar refractivity (Wildman–Crippen MR) is 79.7 cm³/mol. The van der Waals surface area contributed by atoms with Gasteiger partial charge in [0.25, 0.3) is 0 Å². The summed E-state index contributed by atoms with van der Waals surface area (Å²) in [6.07, 6.45) is 5.77. The number of hydrogen-bond donors (Lipinski definition) is 2. The minimum atomic E-state index is 0.704. The van der Waals surface area contributed by atoms with Crippen molar-refractivity contribution in [3.63, 3.8) is 0 Å². The van der Waals surface area contributed by atoms with Crippen LogP contribution in [0, 0.1) is 6.92 Å². The van der Waals surface area contributed by atoms with Crippen molar-refractivity contribution in [1.82, 2.24) is 14.9 Å². The van der Waals surface area contributed by atoms with Gasteiger partial charge in [-0.05, 0) is 52.7 Å². The molecule has 5 nitrogen and oxygen atoms in total. The molecule has 0 saturated carbocycles. The Kier molecular flexibility index (Phi) is 5.39. The SMILES string of the molecule is CCNc1ncc(C)c(NCCCN2CCCC2)n1. The van der Waals surface area contributed by atoms with Crippen LogP contribution in [-0.2, 0) is 0 Å². The Bertz CT molecular complexity index is 387. The fourth-order valence-electron chi connectivity index (χ4n) is 2.38. The highest BCUT2D eigenvalue weighted by Gasteiger charge is 2.10. The lowest BCUT2D eigenvalue weighted by atomic mass is 10.3. The van der Waals surface area contributed by atoms with Crippen LogP contribution in [0.3, 0.4) is 0 Å². The Morgan fingerprint density at radius 2 is 2.05 bits per heavy atom. The smallest absolute Gasteiger partial charge is 0.224 e. The van der Waals surface area contributed by atoms with Gasteiger partial charge in [0.1, 0.15) is 5.82 Å². The average molecular weight is 263 g/mol. The number of nitrogens with one attached hydrogen (secondary N) is 2. The fraction of sp³-hybridized carbons (Fsp3) is 0.714. The summed E-state index contributed by atoms with van der Waals surface area (Å²) in [6, 6.07) is 0. The maximum absolute atomic E-state index is 4.48.